The molecule has 7 nitrogen and oxygen atoms in total. The van der Waals surface area contributed by atoms with Gasteiger partial charge in [0.05, 0.1) is 12.5 Å². The Morgan fingerprint density at radius 1 is 1.18 bits per heavy atom. The molecule has 4 rings (SSSR count). The second-order valence-corrected chi connectivity index (χ2v) is 6.66. The summed E-state index contributed by atoms with van der Waals surface area (Å²) < 4.78 is 8.31. The average molecular weight is 376 g/mol. The van der Waals surface area contributed by atoms with Gasteiger partial charge >= 0.3 is 0 Å². The molecule has 1 aromatic carbocycles. The van der Waals surface area contributed by atoms with Crippen molar-refractivity contribution < 1.29 is 9.53 Å². The molecule has 3 aromatic heterocycles. The predicted molar refractivity (Wildman–Crippen MR) is 107 cm³/mol. The second kappa shape index (κ2) is 6.84. The van der Waals surface area contributed by atoms with Crippen molar-refractivity contribution >= 4 is 22.6 Å². The molecule has 0 atom stereocenters. The Balaban J connectivity index is 1.68. The van der Waals surface area contributed by atoms with Crippen LogP contribution < -0.4 is 15.6 Å². The highest BCUT2D eigenvalue weighted by atomic mass is 16.5. The molecule has 28 heavy (non-hydrogen) atoms. The number of pyridine rings is 1. The molecule has 0 unspecified atom stereocenters. The molecule has 0 saturated heterocycles. The van der Waals surface area contributed by atoms with Crippen LogP contribution in [0.5, 0.6) is 5.75 Å². The molecular formula is C21H20N4O3. The smallest absolute Gasteiger partial charge is 0.268 e. The highest BCUT2D eigenvalue weighted by Crippen LogP contribution is 2.17. The number of carbonyl (C=O) groups excluding carboxylic acids is 1. The molecule has 1 N–H and O–H groups in total. The van der Waals surface area contributed by atoms with Crippen molar-refractivity contribution in [1.29, 1.82) is 0 Å². The van der Waals surface area contributed by atoms with Crippen molar-refractivity contribution in [3.63, 3.8) is 0 Å². The molecule has 1 amide bonds. The Morgan fingerprint density at radius 2 is 1.93 bits per heavy atom. The van der Waals surface area contributed by atoms with Gasteiger partial charge in [0.25, 0.3) is 11.5 Å². The Hall–Kier alpha value is -3.61. The summed E-state index contributed by atoms with van der Waals surface area (Å²) in [5, 5.41) is 3.31. The molecular weight excluding hydrogens is 356 g/mol. The second-order valence-electron chi connectivity index (χ2n) is 6.66. The summed E-state index contributed by atoms with van der Waals surface area (Å²) in [6, 6.07) is 12.8. The molecule has 0 radical (unpaired) electrons. The van der Waals surface area contributed by atoms with Crippen LogP contribution in [0.25, 0.3) is 16.7 Å². The number of rotatable bonds is 4. The number of nitrogens with one attached hydrogen (secondary N) is 1. The number of nitrogens with zero attached hydrogens (tertiary/aromatic N) is 3. The van der Waals surface area contributed by atoms with E-state index in [4.69, 9.17) is 4.74 Å². The van der Waals surface area contributed by atoms with Gasteiger partial charge in [-0.05, 0) is 42.3 Å². The minimum atomic E-state index is -0.263. The Morgan fingerprint density at radius 3 is 2.64 bits per heavy atom. The summed E-state index contributed by atoms with van der Waals surface area (Å²) in [5.41, 5.74) is 3.14. The first-order valence-electron chi connectivity index (χ1n) is 8.88. The first kappa shape index (κ1) is 17.8. The number of hydrogen-bond donors (Lipinski definition) is 1. The Labute approximate surface area is 161 Å². The molecule has 142 valence electrons. The van der Waals surface area contributed by atoms with Gasteiger partial charge in [-0.2, -0.15) is 0 Å². The van der Waals surface area contributed by atoms with Gasteiger partial charge in [-0.1, -0.05) is 18.2 Å². The lowest BCUT2D eigenvalue weighted by Gasteiger charge is -2.07. The summed E-state index contributed by atoms with van der Waals surface area (Å²) in [6.45, 7) is 2.27. The Kier molecular flexibility index (Phi) is 4.35. The van der Waals surface area contributed by atoms with Gasteiger partial charge in [0.15, 0.2) is 0 Å². The highest BCUT2D eigenvalue weighted by Gasteiger charge is 2.18. The number of hydrogen-bond acceptors (Lipinski definition) is 4. The lowest BCUT2D eigenvalue weighted by atomic mass is 10.2. The molecule has 0 aliphatic carbocycles. The van der Waals surface area contributed by atoms with Gasteiger partial charge in [0.1, 0.15) is 22.7 Å². The van der Waals surface area contributed by atoms with Gasteiger partial charge in [0.2, 0.25) is 0 Å². The maximum atomic E-state index is 12.8. The fourth-order valence-corrected chi connectivity index (χ4v) is 3.26. The summed E-state index contributed by atoms with van der Waals surface area (Å²) in [6.07, 6.45) is 1.69. The third kappa shape index (κ3) is 2.90. The molecule has 3 heterocycles. The van der Waals surface area contributed by atoms with E-state index in [0.717, 1.165) is 16.9 Å². The zero-order valence-corrected chi connectivity index (χ0v) is 15.9. The lowest BCUT2D eigenvalue weighted by Crippen LogP contribution is -2.24. The summed E-state index contributed by atoms with van der Waals surface area (Å²) in [5.74, 6) is 0.499. The van der Waals surface area contributed by atoms with E-state index in [1.54, 1.807) is 31.0 Å². The minimum Gasteiger partial charge on any atom is -0.497 e. The van der Waals surface area contributed by atoms with E-state index in [-0.39, 0.29) is 11.5 Å². The lowest BCUT2D eigenvalue weighted by molar-refractivity contribution is 0.0943. The van der Waals surface area contributed by atoms with Crippen LogP contribution in [0.4, 0.5) is 0 Å². The van der Waals surface area contributed by atoms with Crippen molar-refractivity contribution in [3.8, 4) is 5.75 Å². The summed E-state index contributed by atoms with van der Waals surface area (Å²) >= 11 is 0. The first-order chi connectivity index (χ1) is 13.5. The number of methoxy groups -OCH3 is 1. The van der Waals surface area contributed by atoms with Gasteiger partial charge in [0, 0.05) is 19.8 Å². The number of amides is 1. The number of aromatic nitrogens is 3. The van der Waals surface area contributed by atoms with E-state index in [0.29, 0.717) is 28.9 Å². The summed E-state index contributed by atoms with van der Waals surface area (Å²) in [7, 11) is 3.35. The Bertz CT molecular complexity index is 1250. The number of aryl methyl sites for hydroxylation is 2. The topological polar surface area (TPSA) is 77.6 Å². The predicted octanol–water partition coefficient (Wildman–Crippen LogP) is 2.43. The molecule has 0 saturated carbocycles. The molecule has 7 heteroatoms. The number of fused-ring (bicyclic) bond motifs is 2. The van der Waals surface area contributed by atoms with E-state index >= 15 is 0 Å². The van der Waals surface area contributed by atoms with Gasteiger partial charge in [-0.15, -0.1) is 0 Å². The van der Waals surface area contributed by atoms with Crippen molar-refractivity contribution in [1.82, 2.24) is 19.3 Å². The quantitative estimate of drug-likeness (QED) is 0.593. The SMILES string of the molecule is COc1ccc(CNC(=O)c2cc3c(=O)n4cccc(C)c4nc3n2C)cc1. The van der Waals surface area contributed by atoms with E-state index in [9.17, 15) is 9.59 Å². The average Bonchev–Trinajstić information content (AvgIpc) is 3.05. The highest BCUT2D eigenvalue weighted by molar-refractivity contribution is 5.98. The van der Waals surface area contributed by atoms with Gasteiger partial charge in [-0.25, -0.2) is 4.98 Å². The molecule has 4 aromatic rings. The van der Waals surface area contributed by atoms with E-state index < -0.39 is 0 Å². The fourth-order valence-electron chi connectivity index (χ4n) is 3.26. The van der Waals surface area contributed by atoms with Crippen LogP contribution in [0.2, 0.25) is 0 Å². The molecule has 0 aliphatic heterocycles. The molecule has 0 fully saturated rings. The van der Waals surface area contributed by atoms with Crippen LogP contribution in [0.15, 0.2) is 53.5 Å². The number of benzene rings is 1. The van der Waals surface area contributed by atoms with Crippen LogP contribution in [-0.2, 0) is 13.6 Å². The van der Waals surface area contributed by atoms with Crippen molar-refractivity contribution in [2.45, 2.75) is 13.5 Å². The maximum absolute atomic E-state index is 12.8. The molecule has 0 bridgehead atoms. The molecule has 0 spiro atoms. The minimum absolute atomic E-state index is 0.187. The molecule has 0 aliphatic rings. The van der Waals surface area contributed by atoms with Crippen molar-refractivity contribution in [3.05, 3.63) is 75.8 Å². The zero-order valence-electron chi connectivity index (χ0n) is 15.9. The maximum Gasteiger partial charge on any atom is 0.268 e. The monoisotopic (exact) mass is 376 g/mol. The van der Waals surface area contributed by atoms with Gasteiger partial charge in [-0.3, -0.25) is 14.0 Å². The van der Waals surface area contributed by atoms with Crippen LogP contribution in [0, 0.1) is 6.92 Å². The van der Waals surface area contributed by atoms with Crippen molar-refractivity contribution in [2.75, 3.05) is 7.11 Å². The van der Waals surface area contributed by atoms with E-state index in [1.165, 1.54) is 4.40 Å². The van der Waals surface area contributed by atoms with Crippen LogP contribution in [-0.4, -0.2) is 27.0 Å². The van der Waals surface area contributed by atoms with E-state index in [2.05, 4.69) is 10.3 Å². The normalized spacial score (nSPS) is 11.1. The standard InChI is InChI=1S/C21H20N4O3/c1-13-5-4-10-25-18(13)23-19-16(21(25)27)11-17(24(19)2)20(26)22-12-14-6-8-15(28-3)9-7-14/h4-11H,12H2,1-3H3,(H,22,26). The van der Waals surface area contributed by atoms with Crippen LogP contribution in [0.1, 0.15) is 21.6 Å². The van der Waals surface area contributed by atoms with Crippen molar-refractivity contribution in [2.24, 2.45) is 7.05 Å². The van der Waals surface area contributed by atoms with Crippen LogP contribution >= 0.6 is 0 Å². The van der Waals surface area contributed by atoms with Crippen LogP contribution in [0.3, 0.4) is 0 Å². The zero-order chi connectivity index (χ0) is 19.8. The van der Waals surface area contributed by atoms with E-state index in [1.807, 2.05) is 43.3 Å². The fraction of sp³-hybridized carbons (Fsp3) is 0.190. The number of carbonyl (C=O) groups is 1. The summed E-state index contributed by atoms with van der Waals surface area (Å²) in [4.78, 5) is 30.2. The first-order valence-corrected chi connectivity index (χ1v) is 8.88. The largest absolute Gasteiger partial charge is 0.497 e. The number of ether oxygens (including phenoxy) is 1. The third-order valence-corrected chi connectivity index (χ3v) is 4.87. The van der Waals surface area contributed by atoms with Gasteiger partial charge < -0.3 is 14.6 Å². The third-order valence-electron chi connectivity index (χ3n) is 4.87.